The molecule has 2 N–H and O–H groups in total. The highest BCUT2D eigenvalue weighted by Crippen LogP contribution is 2.17. The average molecular weight is 198 g/mol. The SMILES string of the molecule is CC(C(N)=O)[C@H](C)C(=O)N1CCCC1. The lowest BCUT2D eigenvalue weighted by molar-refractivity contribution is -0.139. The highest BCUT2D eigenvalue weighted by atomic mass is 16.2. The molecule has 0 bridgehead atoms. The molecule has 0 aliphatic carbocycles. The summed E-state index contributed by atoms with van der Waals surface area (Å²) >= 11 is 0. The van der Waals surface area contributed by atoms with Gasteiger partial charge in [0.2, 0.25) is 11.8 Å². The molecule has 1 saturated heterocycles. The molecule has 0 spiro atoms. The molecular formula is C10H18N2O2. The molecule has 1 aliphatic rings. The van der Waals surface area contributed by atoms with Crippen LogP contribution in [0, 0.1) is 11.8 Å². The van der Waals surface area contributed by atoms with Crippen molar-refractivity contribution in [3.8, 4) is 0 Å². The summed E-state index contributed by atoms with van der Waals surface area (Å²) in [5, 5.41) is 0. The van der Waals surface area contributed by atoms with Crippen molar-refractivity contribution in [1.29, 1.82) is 0 Å². The molecule has 1 rings (SSSR count). The van der Waals surface area contributed by atoms with Gasteiger partial charge in [-0.2, -0.15) is 0 Å². The van der Waals surface area contributed by atoms with Crippen molar-refractivity contribution in [1.82, 2.24) is 4.90 Å². The van der Waals surface area contributed by atoms with Crippen molar-refractivity contribution < 1.29 is 9.59 Å². The molecule has 4 heteroatoms. The van der Waals surface area contributed by atoms with Crippen LogP contribution in [0.3, 0.4) is 0 Å². The van der Waals surface area contributed by atoms with Crippen LogP contribution < -0.4 is 5.73 Å². The summed E-state index contributed by atoms with van der Waals surface area (Å²) in [5.74, 6) is -0.993. The fourth-order valence-corrected chi connectivity index (χ4v) is 1.69. The van der Waals surface area contributed by atoms with Crippen LogP contribution >= 0.6 is 0 Å². The van der Waals surface area contributed by atoms with Gasteiger partial charge in [0, 0.05) is 24.9 Å². The molecule has 1 heterocycles. The van der Waals surface area contributed by atoms with Gasteiger partial charge in [0.05, 0.1) is 0 Å². The zero-order chi connectivity index (χ0) is 10.7. The van der Waals surface area contributed by atoms with Crippen LogP contribution in [0.4, 0.5) is 0 Å². The summed E-state index contributed by atoms with van der Waals surface area (Å²) in [6, 6.07) is 0. The minimum absolute atomic E-state index is 0.0637. The smallest absolute Gasteiger partial charge is 0.226 e. The molecule has 1 aliphatic heterocycles. The van der Waals surface area contributed by atoms with Crippen molar-refractivity contribution in [2.75, 3.05) is 13.1 Å². The maximum atomic E-state index is 11.8. The number of amides is 2. The predicted molar refractivity (Wildman–Crippen MR) is 53.3 cm³/mol. The summed E-state index contributed by atoms with van der Waals surface area (Å²) in [4.78, 5) is 24.5. The number of carbonyl (C=O) groups is 2. The second kappa shape index (κ2) is 4.44. The zero-order valence-electron chi connectivity index (χ0n) is 8.82. The number of primary amides is 1. The first-order valence-electron chi connectivity index (χ1n) is 5.12. The van der Waals surface area contributed by atoms with E-state index in [0.717, 1.165) is 25.9 Å². The highest BCUT2D eigenvalue weighted by Gasteiger charge is 2.29. The second-order valence-electron chi connectivity index (χ2n) is 4.01. The fraction of sp³-hybridized carbons (Fsp3) is 0.800. The van der Waals surface area contributed by atoms with Crippen molar-refractivity contribution >= 4 is 11.8 Å². The first-order chi connectivity index (χ1) is 6.54. The molecule has 80 valence electrons. The van der Waals surface area contributed by atoms with Crippen molar-refractivity contribution in [2.45, 2.75) is 26.7 Å². The highest BCUT2D eigenvalue weighted by molar-refractivity contribution is 5.86. The maximum Gasteiger partial charge on any atom is 0.226 e. The van der Waals surface area contributed by atoms with E-state index in [2.05, 4.69) is 0 Å². The quantitative estimate of drug-likeness (QED) is 0.712. The van der Waals surface area contributed by atoms with E-state index >= 15 is 0 Å². The third-order valence-corrected chi connectivity index (χ3v) is 3.01. The Kier molecular flexibility index (Phi) is 3.49. The van der Waals surface area contributed by atoms with Gasteiger partial charge in [-0.05, 0) is 12.8 Å². The minimum atomic E-state index is -0.398. The third kappa shape index (κ3) is 2.25. The van der Waals surface area contributed by atoms with E-state index in [0.29, 0.717) is 0 Å². The second-order valence-corrected chi connectivity index (χ2v) is 4.01. The lowest BCUT2D eigenvalue weighted by Crippen LogP contribution is -2.39. The summed E-state index contributed by atoms with van der Waals surface area (Å²) in [7, 11) is 0. The molecular weight excluding hydrogens is 180 g/mol. The molecule has 2 amide bonds. The predicted octanol–water partition coefficient (Wildman–Crippen LogP) is 0.366. The van der Waals surface area contributed by atoms with Gasteiger partial charge in [-0.15, -0.1) is 0 Å². The Morgan fingerprint density at radius 3 is 2.07 bits per heavy atom. The van der Waals surface area contributed by atoms with Gasteiger partial charge in [-0.25, -0.2) is 0 Å². The minimum Gasteiger partial charge on any atom is -0.369 e. The van der Waals surface area contributed by atoms with Crippen LogP contribution in [0.25, 0.3) is 0 Å². The Labute approximate surface area is 84.4 Å². The van der Waals surface area contributed by atoms with Crippen molar-refractivity contribution in [3.05, 3.63) is 0 Å². The number of nitrogens with zero attached hydrogens (tertiary/aromatic N) is 1. The molecule has 1 fully saturated rings. The molecule has 2 atom stereocenters. The van der Waals surface area contributed by atoms with E-state index in [1.807, 2.05) is 4.90 Å². The Balaban J connectivity index is 2.54. The number of nitrogens with two attached hydrogens (primary N) is 1. The fourth-order valence-electron chi connectivity index (χ4n) is 1.69. The van der Waals surface area contributed by atoms with Crippen molar-refractivity contribution in [2.24, 2.45) is 17.6 Å². The molecule has 0 aromatic carbocycles. The van der Waals surface area contributed by atoms with Gasteiger partial charge in [0.15, 0.2) is 0 Å². The average Bonchev–Trinajstić information content (AvgIpc) is 2.67. The van der Waals surface area contributed by atoms with E-state index in [4.69, 9.17) is 5.73 Å². The van der Waals surface area contributed by atoms with Crippen LogP contribution in [0.1, 0.15) is 26.7 Å². The Hall–Kier alpha value is -1.06. The standard InChI is InChI=1S/C10H18N2O2/c1-7(9(11)13)8(2)10(14)12-5-3-4-6-12/h7-8H,3-6H2,1-2H3,(H2,11,13)/t7?,8-/m0/s1. The molecule has 0 radical (unpaired) electrons. The summed E-state index contributed by atoms with van der Waals surface area (Å²) in [6.45, 7) is 5.14. The number of hydrogen-bond donors (Lipinski definition) is 1. The van der Waals surface area contributed by atoms with Crippen LogP contribution in [0.5, 0.6) is 0 Å². The van der Waals surface area contributed by atoms with Gasteiger partial charge in [-0.1, -0.05) is 13.8 Å². The Morgan fingerprint density at radius 1 is 1.14 bits per heavy atom. The summed E-state index contributed by atoms with van der Waals surface area (Å²) in [6.07, 6.45) is 2.15. The molecule has 0 aromatic rings. The van der Waals surface area contributed by atoms with Gasteiger partial charge in [-0.3, -0.25) is 9.59 Å². The van der Waals surface area contributed by atoms with E-state index in [1.54, 1.807) is 13.8 Å². The lowest BCUT2D eigenvalue weighted by atomic mass is 9.94. The normalized spacial score (nSPS) is 20.6. The molecule has 1 unspecified atom stereocenters. The maximum absolute atomic E-state index is 11.8. The zero-order valence-corrected chi connectivity index (χ0v) is 8.82. The van der Waals surface area contributed by atoms with Crippen molar-refractivity contribution in [3.63, 3.8) is 0 Å². The molecule has 14 heavy (non-hydrogen) atoms. The molecule has 0 saturated carbocycles. The van der Waals surface area contributed by atoms with Gasteiger partial charge < -0.3 is 10.6 Å². The van der Waals surface area contributed by atoms with E-state index in [9.17, 15) is 9.59 Å². The third-order valence-electron chi connectivity index (χ3n) is 3.01. The molecule has 0 aromatic heterocycles. The number of likely N-dealkylation sites (tertiary alicyclic amines) is 1. The molecule has 4 nitrogen and oxygen atoms in total. The van der Waals surface area contributed by atoms with Gasteiger partial charge >= 0.3 is 0 Å². The van der Waals surface area contributed by atoms with Crippen LogP contribution in [0.2, 0.25) is 0 Å². The topological polar surface area (TPSA) is 63.4 Å². The first-order valence-corrected chi connectivity index (χ1v) is 5.12. The summed E-state index contributed by atoms with van der Waals surface area (Å²) < 4.78 is 0. The largest absolute Gasteiger partial charge is 0.369 e. The number of hydrogen-bond acceptors (Lipinski definition) is 2. The Bertz CT molecular complexity index is 234. The Morgan fingerprint density at radius 2 is 1.64 bits per heavy atom. The van der Waals surface area contributed by atoms with E-state index in [-0.39, 0.29) is 17.7 Å². The monoisotopic (exact) mass is 198 g/mol. The lowest BCUT2D eigenvalue weighted by Gasteiger charge is -2.22. The van der Waals surface area contributed by atoms with Gasteiger partial charge in [0.1, 0.15) is 0 Å². The summed E-state index contributed by atoms with van der Waals surface area (Å²) in [5.41, 5.74) is 5.16. The van der Waals surface area contributed by atoms with Gasteiger partial charge in [0.25, 0.3) is 0 Å². The van der Waals surface area contributed by atoms with E-state index < -0.39 is 5.91 Å². The first kappa shape index (κ1) is 11.0. The van der Waals surface area contributed by atoms with E-state index in [1.165, 1.54) is 0 Å². The van der Waals surface area contributed by atoms with Crippen LogP contribution in [-0.4, -0.2) is 29.8 Å². The van der Waals surface area contributed by atoms with Crippen LogP contribution in [0.15, 0.2) is 0 Å². The number of carbonyl (C=O) groups excluding carboxylic acids is 2. The van der Waals surface area contributed by atoms with Crippen LogP contribution in [-0.2, 0) is 9.59 Å². The number of rotatable bonds is 3.